The molecule has 34 heavy (non-hydrogen) atoms. The summed E-state index contributed by atoms with van der Waals surface area (Å²) in [6.07, 6.45) is 1.78. The van der Waals surface area contributed by atoms with Crippen molar-refractivity contribution in [2.45, 2.75) is 75.7 Å². The highest BCUT2D eigenvalue weighted by Crippen LogP contribution is 2.59. The average Bonchev–Trinajstić information content (AvgIpc) is 3.69. The number of ether oxygens (including phenoxy) is 4. The van der Waals surface area contributed by atoms with Gasteiger partial charge in [0.25, 0.3) is 0 Å². The number of hydrogen-bond donors (Lipinski definition) is 0. The monoisotopic (exact) mass is 480 g/mol. The van der Waals surface area contributed by atoms with Gasteiger partial charge in [0, 0.05) is 13.2 Å². The molecule has 2 heterocycles. The zero-order chi connectivity index (χ0) is 24.7. The molecule has 2 saturated heterocycles. The number of benzene rings is 1. The molecule has 5 nitrogen and oxygen atoms in total. The molecule has 0 amide bonds. The second-order valence-corrected chi connectivity index (χ2v) is 9.81. The molecule has 1 spiro atoms. The Morgan fingerprint density at radius 1 is 1.24 bits per heavy atom. The topological polar surface area (TPSA) is 60.6 Å². The summed E-state index contributed by atoms with van der Waals surface area (Å²) in [4.78, 5) is 12.5. The van der Waals surface area contributed by atoms with Crippen molar-refractivity contribution in [2.75, 3.05) is 13.7 Å². The summed E-state index contributed by atoms with van der Waals surface area (Å²) >= 11 is 0. The van der Waals surface area contributed by atoms with Crippen LogP contribution in [-0.2, 0) is 29.9 Å². The molecule has 0 radical (unpaired) electrons. The van der Waals surface area contributed by atoms with Gasteiger partial charge in [-0.2, -0.15) is 13.2 Å². The fraction of sp³-hybridized carbons (Fsp3) is 0.577. The number of methoxy groups -OCH3 is 1. The molecule has 3 aliphatic rings. The number of hydrogen-bond acceptors (Lipinski definition) is 5. The van der Waals surface area contributed by atoms with E-state index in [1.807, 2.05) is 0 Å². The van der Waals surface area contributed by atoms with E-state index in [1.54, 1.807) is 7.11 Å². The van der Waals surface area contributed by atoms with Gasteiger partial charge in [0.2, 0.25) is 0 Å². The molecule has 8 heteroatoms. The molecular weight excluding hydrogens is 449 g/mol. The Bertz CT molecular complexity index is 960. The Hall–Kier alpha value is -2.16. The first-order chi connectivity index (χ1) is 16.0. The number of halogens is 3. The van der Waals surface area contributed by atoms with E-state index in [0.29, 0.717) is 18.6 Å². The summed E-state index contributed by atoms with van der Waals surface area (Å²) in [6.45, 7) is 6.82. The van der Waals surface area contributed by atoms with Gasteiger partial charge in [0.1, 0.15) is 23.4 Å². The third-order valence-corrected chi connectivity index (χ3v) is 7.15. The lowest BCUT2D eigenvalue weighted by Gasteiger charge is -2.42. The third-order valence-electron chi connectivity index (χ3n) is 7.15. The van der Waals surface area contributed by atoms with E-state index in [9.17, 15) is 18.0 Å². The maximum Gasteiger partial charge on any atom is 0.416 e. The van der Waals surface area contributed by atoms with Gasteiger partial charge in [-0.15, -0.1) is 0 Å². The first kappa shape index (κ1) is 24.9. The van der Waals surface area contributed by atoms with Gasteiger partial charge in [-0.25, -0.2) is 4.79 Å². The standard InChI is InChI=1S/C26H31F3O5/c1-16(2)5-11-20-24(3,34-20)23-22(31-4)19(13-14-25(23)15-32-25)33-21(30)12-8-17-6-9-18(10-7-17)26(27,28)29/h5-10,12,19-20,22-23H,11,13-15H2,1-4H3/b12-8+/t19-,20+,22-,23-,24-,25+/m1/s1. The van der Waals surface area contributed by atoms with Crippen LogP contribution in [0.1, 0.15) is 51.2 Å². The third kappa shape index (κ3) is 5.09. The van der Waals surface area contributed by atoms with Crippen molar-refractivity contribution in [1.82, 2.24) is 0 Å². The Balaban J connectivity index is 1.42. The lowest BCUT2D eigenvalue weighted by molar-refractivity contribution is -0.166. The van der Waals surface area contributed by atoms with Gasteiger partial charge in [0.15, 0.2) is 0 Å². The summed E-state index contributed by atoms with van der Waals surface area (Å²) in [7, 11) is 1.61. The minimum Gasteiger partial charge on any atom is -0.456 e. The van der Waals surface area contributed by atoms with Crippen LogP contribution in [0.3, 0.4) is 0 Å². The smallest absolute Gasteiger partial charge is 0.416 e. The highest BCUT2D eigenvalue weighted by Gasteiger charge is 2.72. The molecular formula is C26H31F3O5. The highest BCUT2D eigenvalue weighted by atomic mass is 19.4. The van der Waals surface area contributed by atoms with Crippen LogP contribution in [-0.4, -0.2) is 49.2 Å². The molecule has 0 N–H and O–H groups in total. The van der Waals surface area contributed by atoms with Crippen molar-refractivity contribution < 1.29 is 36.9 Å². The molecule has 3 fully saturated rings. The molecule has 186 valence electrons. The largest absolute Gasteiger partial charge is 0.456 e. The summed E-state index contributed by atoms with van der Waals surface area (Å²) in [5.74, 6) is -0.646. The number of alkyl halides is 3. The molecule has 1 saturated carbocycles. The van der Waals surface area contributed by atoms with Gasteiger partial charge in [-0.3, -0.25) is 0 Å². The summed E-state index contributed by atoms with van der Waals surface area (Å²) in [6, 6.07) is 4.59. The van der Waals surface area contributed by atoms with Crippen molar-refractivity contribution in [1.29, 1.82) is 0 Å². The minimum absolute atomic E-state index is 0.0557. The minimum atomic E-state index is -4.40. The molecule has 2 aliphatic heterocycles. The van der Waals surface area contributed by atoms with Crippen molar-refractivity contribution in [3.8, 4) is 0 Å². The SMILES string of the molecule is CO[C@@H]1[C@H](OC(=O)/C=C/c2ccc(C(F)(F)F)cc2)CC[C@]2(CO2)[C@H]1[C@]1(C)O[C@H]1CC=C(C)C. The van der Waals surface area contributed by atoms with Crippen molar-refractivity contribution in [3.63, 3.8) is 0 Å². The lowest BCUT2D eigenvalue weighted by Crippen LogP contribution is -2.55. The summed E-state index contributed by atoms with van der Waals surface area (Å²) in [5, 5.41) is 0. The number of rotatable bonds is 7. The zero-order valence-corrected chi connectivity index (χ0v) is 19.9. The number of epoxide rings is 2. The molecule has 1 aromatic rings. The average molecular weight is 481 g/mol. The van der Waals surface area contributed by atoms with E-state index in [2.05, 4.69) is 26.8 Å². The Labute approximate surface area is 197 Å². The fourth-order valence-electron chi connectivity index (χ4n) is 5.21. The Kier molecular flexibility index (Phi) is 6.70. The summed E-state index contributed by atoms with van der Waals surface area (Å²) in [5.41, 5.74) is 0.228. The van der Waals surface area contributed by atoms with Crippen LogP contribution >= 0.6 is 0 Å². The molecule has 0 bridgehead atoms. The van der Waals surface area contributed by atoms with Gasteiger partial charge in [0.05, 0.1) is 24.2 Å². The maximum atomic E-state index is 12.7. The summed E-state index contributed by atoms with van der Waals surface area (Å²) < 4.78 is 61.8. The van der Waals surface area contributed by atoms with E-state index >= 15 is 0 Å². The highest BCUT2D eigenvalue weighted by molar-refractivity contribution is 5.87. The van der Waals surface area contributed by atoms with Crippen LogP contribution in [0.25, 0.3) is 6.08 Å². The van der Waals surface area contributed by atoms with Crippen LogP contribution in [0.4, 0.5) is 13.2 Å². The van der Waals surface area contributed by atoms with Crippen LogP contribution in [0, 0.1) is 5.92 Å². The first-order valence-corrected chi connectivity index (χ1v) is 11.5. The zero-order valence-electron chi connectivity index (χ0n) is 19.9. The molecule has 4 rings (SSSR count). The van der Waals surface area contributed by atoms with Crippen LogP contribution in [0.5, 0.6) is 0 Å². The van der Waals surface area contributed by atoms with Crippen LogP contribution in [0.15, 0.2) is 42.0 Å². The maximum absolute atomic E-state index is 12.7. The second kappa shape index (κ2) is 9.13. The normalized spacial score (nSPS) is 34.8. The van der Waals surface area contributed by atoms with E-state index in [-0.39, 0.29) is 23.7 Å². The van der Waals surface area contributed by atoms with E-state index in [1.165, 1.54) is 29.9 Å². The Morgan fingerprint density at radius 3 is 2.47 bits per heavy atom. The quantitative estimate of drug-likeness (QED) is 0.228. The molecule has 0 aromatic heterocycles. The molecule has 6 atom stereocenters. The molecule has 0 unspecified atom stereocenters. The first-order valence-electron chi connectivity index (χ1n) is 11.5. The van der Waals surface area contributed by atoms with Gasteiger partial charge in [-0.05, 0) is 63.8 Å². The number of esters is 1. The number of carbonyl (C=O) groups is 1. The van der Waals surface area contributed by atoms with E-state index in [0.717, 1.165) is 25.0 Å². The predicted octanol–water partition coefficient (Wildman–Crippen LogP) is 5.34. The number of carbonyl (C=O) groups excluding carboxylic acids is 1. The number of allylic oxidation sites excluding steroid dienone is 1. The van der Waals surface area contributed by atoms with E-state index in [4.69, 9.17) is 18.9 Å². The van der Waals surface area contributed by atoms with Crippen LogP contribution in [0.2, 0.25) is 0 Å². The second-order valence-electron chi connectivity index (χ2n) is 9.81. The van der Waals surface area contributed by atoms with Crippen molar-refractivity contribution in [2.24, 2.45) is 5.92 Å². The Morgan fingerprint density at radius 2 is 1.91 bits per heavy atom. The van der Waals surface area contributed by atoms with Gasteiger partial charge < -0.3 is 18.9 Å². The molecule has 1 aromatic carbocycles. The molecule has 1 aliphatic carbocycles. The van der Waals surface area contributed by atoms with Gasteiger partial charge in [-0.1, -0.05) is 23.8 Å². The fourth-order valence-corrected chi connectivity index (χ4v) is 5.21. The van der Waals surface area contributed by atoms with Crippen molar-refractivity contribution >= 4 is 12.0 Å². The van der Waals surface area contributed by atoms with Gasteiger partial charge >= 0.3 is 12.1 Å². The lowest BCUT2D eigenvalue weighted by atomic mass is 9.68. The van der Waals surface area contributed by atoms with Crippen molar-refractivity contribution in [3.05, 3.63) is 53.1 Å². The predicted molar refractivity (Wildman–Crippen MR) is 120 cm³/mol. The van der Waals surface area contributed by atoms with Crippen LogP contribution < -0.4 is 0 Å². The van der Waals surface area contributed by atoms with E-state index < -0.39 is 29.4 Å².